The molecule has 4 nitrogen and oxygen atoms in total. The quantitative estimate of drug-likeness (QED) is 0.731. The topological polar surface area (TPSA) is 48.2 Å². The van der Waals surface area contributed by atoms with E-state index in [1.54, 1.807) is 13.2 Å². The molecule has 21 heavy (non-hydrogen) atoms. The molecule has 0 spiro atoms. The van der Waals surface area contributed by atoms with Crippen LogP contribution in [0, 0.1) is 0 Å². The van der Waals surface area contributed by atoms with Gasteiger partial charge in [0.05, 0.1) is 17.7 Å². The van der Waals surface area contributed by atoms with Crippen molar-refractivity contribution in [2.45, 2.75) is 6.42 Å². The third kappa shape index (κ3) is 3.06. The largest absolute Gasteiger partial charge is 0.497 e. The Morgan fingerprint density at radius 1 is 1.10 bits per heavy atom. The van der Waals surface area contributed by atoms with E-state index in [9.17, 15) is 0 Å². The second-order valence-electron chi connectivity index (χ2n) is 4.52. The zero-order valence-electron chi connectivity index (χ0n) is 11.4. The molecule has 5 heteroatoms. The highest BCUT2D eigenvalue weighted by molar-refractivity contribution is 6.33. The van der Waals surface area contributed by atoms with Crippen LogP contribution in [0.4, 0.5) is 0 Å². The number of hydrogen-bond donors (Lipinski definition) is 0. The third-order valence-electron chi connectivity index (χ3n) is 3.09. The summed E-state index contributed by atoms with van der Waals surface area (Å²) in [5, 5.41) is 4.59. The first-order chi connectivity index (χ1) is 10.3. The van der Waals surface area contributed by atoms with Crippen LogP contribution in [0.25, 0.3) is 11.5 Å². The van der Waals surface area contributed by atoms with Gasteiger partial charge < -0.3 is 9.26 Å². The van der Waals surface area contributed by atoms with Crippen LogP contribution in [0.15, 0.2) is 53.1 Å². The van der Waals surface area contributed by atoms with Gasteiger partial charge in [0, 0.05) is 6.42 Å². The van der Waals surface area contributed by atoms with E-state index < -0.39 is 0 Å². The van der Waals surface area contributed by atoms with Crippen LogP contribution < -0.4 is 4.74 Å². The molecule has 1 aromatic heterocycles. The van der Waals surface area contributed by atoms with Crippen LogP contribution in [0.2, 0.25) is 5.02 Å². The first-order valence-corrected chi connectivity index (χ1v) is 6.84. The van der Waals surface area contributed by atoms with Gasteiger partial charge in [-0.25, -0.2) is 0 Å². The minimum Gasteiger partial charge on any atom is -0.497 e. The van der Waals surface area contributed by atoms with Crippen LogP contribution in [0.3, 0.4) is 0 Å². The van der Waals surface area contributed by atoms with Crippen molar-refractivity contribution in [2.24, 2.45) is 0 Å². The predicted octanol–water partition coefficient (Wildman–Crippen LogP) is 3.99. The molecule has 106 valence electrons. The van der Waals surface area contributed by atoms with Gasteiger partial charge in [0.15, 0.2) is 5.82 Å². The minimum atomic E-state index is 0.434. The number of aromatic nitrogens is 2. The second kappa shape index (κ2) is 5.97. The number of benzene rings is 2. The normalized spacial score (nSPS) is 10.6. The van der Waals surface area contributed by atoms with Crippen molar-refractivity contribution in [3.05, 3.63) is 64.9 Å². The number of hydrogen-bond acceptors (Lipinski definition) is 4. The summed E-state index contributed by atoms with van der Waals surface area (Å²) in [6.45, 7) is 0. The average molecular weight is 301 g/mol. The Balaban J connectivity index is 1.80. The maximum absolute atomic E-state index is 6.12. The number of methoxy groups -OCH3 is 1. The number of halogens is 1. The summed E-state index contributed by atoms with van der Waals surface area (Å²) in [6, 6.07) is 15.2. The SMILES string of the molecule is COc1ccc(Cc2noc(-c3ccccc3Cl)n2)cc1. The maximum Gasteiger partial charge on any atom is 0.259 e. The van der Waals surface area contributed by atoms with Gasteiger partial charge in [0.1, 0.15) is 5.75 Å². The molecule has 0 unspecified atom stereocenters. The zero-order valence-corrected chi connectivity index (χ0v) is 12.2. The summed E-state index contributed by atoms with van der Waals surface area (Å²) in [6.07, 6.45) is 0.595. The predicted molar refractivity (Wildman–Crippen MR) is 80.5 cm³/mol. The van der Waals surface area contributed by atoms with Gasteiger partial charge in [-0.2, -0.15) is 4.98 Å². The molecule has 0 aliphatic heterocycles. The van der Waals surface area contributed by atoms with E-state index in [1.165, 1.54) is 0 Å². The van der Waals surface area contributed by atoms with Crippen molar-refractivity contribution in [1.82, 2.24) is 10.1 Å². The Labute approximate surface area is 127 Å². The fraction of sp³-hybridized carbons (Fsp3) is 0.125. The van der Waals surface area contributed by atoms with E-state index >= 15 is 0 Å². The number of ether oxygens (including phenoxy) is 1. The van der Waals surface area contributed by atoms with E-state index in [0.29, 0.717) is 23.2 Å². The molecule has 3 aromatic rings. The molecule has 0 N–H and O–H groups in total. The van der Waals surface area contributed by atoms with Gasteiger partial charge in [-0.3, -0.25) is 0 Å². The van der Waals surface area contributed by atoms with Crippen LogP contribution in [0.1, 0.15) is 11.4 Å². The molecule has 0 bridgehead atoms. The molecule has 0 saturated heterocycles. The van der Waals surface area contributed by atoms with Crippen molar-refractivity contribution in [3.8, 4) is 17.2 Å². The minimum absolute atomic E-state index is 0.434. The molecule has 0 aliphatic carbocycles. The molecule has 0 saturated carbocycles. The van der Waals surface area contributed by atoms with Crippen molar-refractivity contribution in [3.63, 3.8) is 0 Å². The molecule has 1 heterocycles. The average Bonchev–Trinajstić information content (AvgIpc) is 2.97. The molecule has 0 aliphatic rings. The lowest BCUT2D eigenvalue weighted by atomic mass is 10.1. The Kier molecular flexibility index (Phi) is 3.88. The Morgan fingerprint density at radius 3 is 2.57 bits per heavy atom. The van der Waals surface area contributed by atoms with Crippen molar-refractivity contribution in [2.75, 3.05) is 7.11 Å². The van der Waals surface area contributed by atoms with Crippen molar-refractivity contribution < 1.29 is 9.26 Å². The van der Waals surface area contributed by atoms with E-state index in [0.717, 1.165) is 16.9 Å². The molecular formula is C16H13ClN2O2. The highest BCUT2D eigenvalue weighted by Gasteiger charge is 2.12. The van der Waals surface area contributed by atoms with Gasteiger partial charge >= 0.3 is 0 Å². The molecular weight excluding hydrogens is 288 g/mol. The maximum atomic E-state index is 6.12. The summed E-state index contributed by atoms with van der Waals surface area (Å²) in [4.78, 5) is 4.39. The Hall–Kier alpha value is -2.33. The van der Waals surface area contributed by atoms with Gasteiger partial charge in [0.2, 0.25) is 0 Å². The fourth-order valence-corrected chi connectivity index (χ4v) is 2.21. The standard InChI is InChI=1S/C16H13ClN2O2/c1-20-12-8-6-11(7-9-12)10-15-18-16(21-19-15)13-4-2-3-5-14(13)17/h2-9H,10H2,1H3. The zero-order chi connectivity index (χ0) is 14.7. The third-order valence-corrected chi connectivity index (χ3v) is 3.42. The van der Waals surface area contributed by atoms with Crippen LogP contribution in [-0.4, -0.2) is 17.3 Å². The lowest BCUT2D eigenvalue weighted by Crippen LogP contribution is -1.91. The van der Waals surface area contributed by atoms with Gasteiger partial charge in [-0.1, -0.05) is 41.0 Å². The molecule has 0 fully saturated rings. The molecule has 0 atom stereocenters. The van der Waals surface area contributed by atoms with Crippen molar-refractivity contribution >= 4 is 11.6 Å². The highest BCUT2D eigenvalue weighted by atomic mass is 35.5. The van der Waals surface area contributed by atoms with Crippen molar-refractivity contribution in [1.29, 1.82) is 0 Å². The number of rotatable bonds is 4. The Bertz CT molecular complexity index is 738. The van der Waals surface area contributed by atoms with Crippen LogP contribution in [0.5, 0.6) is 5.75 Å². The lowest BCUT2D eigenvalue weighted by Gasteiger charge is -2.00. The molecule has 2 aromatic carbocycles. The van der Waals surface area contributed by atoms with E-state index in [4.69, 9.17) is 20.9 Å². The lowest BCUT2D eigenvalue weighted by molar-refractivity contribution is 0.414. The van der Waals surface area contributed by atoms with E-state index in [2.05, 4.69) is 10.1 Å². The molecule has 3 rings (SSSR count). The van der Waals surface area contributed by atoms with E-state index in [-0.39, 0.29) is 0 Å². The van der Waals surface area contributed by atoms with Gasteiger partial charge in [-0.15, -0.1) is 0 Å². The van der Waals surface area contributed by atoms with Crippen LogP contribution in [-0.2, 0) is 6.42 Å². The summed E-state index contributed by atoms with van der Waals surface area (Å²) >= 11 is 6.12. The molecule has 0 radical (unpaired) electrons. The smallest absolute Gasteiger partial charge is 0.259 e. The fourth-order valence-electron chi connectivity index (χ4n) is 2.00. The first kappa shape index (κ1) is 13.6. The van der Waals surface area contributed by atoms with Gasteiger partial charge in [-0.05, 0) is 29.8 Å². The Morgan fingerprint density at radius 2 is 1.86 bits per heavy atom. The highest BCUT2D eigenvalue weighted by Crippen LogP contribution is 2.26. The number of nitrogens with zero attached hydrogens (tertiary/aromatic N) is 2. The van der Waals surface area contributed by atoms with Gasteiger partial charge in [0.25, 0.3) is 5.89 Å². The summed E-state index contributed by atoms with van der Waals surface area (Å²) in [7, 11) is 1.64. The van der Waals surface area contributed by atoms with E-state index in [1.807, 2.05) is 42.5 Å². The summed E-state index contributed by atoms with van der Waals surface area (Å²) in [5.41, 5.74) is 1.83. The molecule has 0 amide bonds. The second-order valence-corrected chi connectivity index (χ2v) is 4.93. The summed E-state index contributed by atoms with van der Waals surface area (Å²) < 4.78 is 10.4. The summed E-state index contributed by atoms with van der Waals surface area (Å²) in [5.74, 6) is 1.88. The monoisotopic (exact) mass is 300 g/mol. The first-order valence-electron chi connectivity index (χ1n) is 6.46. The van der Waals surface area contributed by atoms with Crippen LogP contribution >= 0.6 is 11.6 Å².